The minimum Gasteiger partial charge on any atom is -0.481 e. The summed E-state index contributed by atoms with van der Waals surface area (Å²) in [6.45, 7) is 2.41. The zero-order chi connectivity index (χ0) is 14.4. The van der Waals surface area contributed by atoms with Crippen molar-refractivity contribution in [2.24, 2.45) is 5.92 Å². The summed E-state index contributed by atoms with van der Waals surface area (Å²) in [4.78, 5) is 19.7. The van der Waals surface area contributed by atoms with Crippen LogP contribution in [0.3, 0.4) is 0 Å². The molecule has 2 N–H and O–H groups in total. The molecule has 1 aromatic heterocycles. The molecule has 0 aromatic carbocycles. The van der Waals surface area contributed by atoms with Gasteiger partial charge in [0.2, 0.25) is 5.88 Å². The van der Waals surface area contributed by atoms with Crippen molar-refractivity contribution in [1.29, 1.82) is 0 Å². The van der Waals surface area contributed by atoms with Gasteiger partial charge in [-0.2, -0.15) is 4.98 Å². The zero-order valence-corrected chi connectivity index (χ0v) is 11.7. The quantitative estimate of drug-likeness (QED) is 0.805. The highest BCUT2D eigenvalue weighted by molar-refractivity contribution is 5.71. The highest BCUT2D eigenvalue weighted by Crippen LogP contribution is 2.26. The molecule has 2 unspecified atom stereocenters. The van der Waals surface area contributed by atoms with Gasteiger partial charge in [-0.25, -0.2) is 0 Å². The second-order valence-electron chi connectivity index (χ2n) is 5.01. The van der Waals surface area contributed by atoms with Crippen LogP contribution in [0.1, 0.15) is 39.0 Å². The number of aliphatic carboxylic acids is 1. The molecule has 0 aliphatic heterocycles. The number of nitrogens with zero attached hydrogens (tertiary/aromatic N) is 2. The number of hydrogen-bond donors (Lipinski definition) is 2. The number of hydrogen-bond acceptors (Lipinski definition) is 5. The van der Waals surface area contributed by atoms with Crippen molar-refractivity contribution in [3.8, 4) is 5.88 Å². The average Bonchev–Trinajstić information content (AvgIpc) is 2.65. The number of ether oxygens (including phenoxy) is 1. The van der Waals surface area contributed by atoms with Crippen LogP contribution in [0.4, 0.5) is 5.82 Å². The fourth-order valence-corrected chi connectivity index (χ4v) is 2.60. The lowest BCUT2D eigenvalue weighted by Crippen LogP contribution is -2.34. The Morgan fingerprint density at radius 3 is 2.95 bits per heavy atom. The van der Waals surface area contributed by atoms with Crippen molar-refractivity contribution in [1.82, 2.24) is 9.97 Å². The first-order valence-corrected chi connectivity index (χ1v) is 7.15. The lowest BCUT2D eigenvalue weighted by Gasteiger charge is -2.23. The highest BCUT2D eigenvalue weighted by atomic mass is 16.5. The van der Waals surface area contributed by atoms with Gasteiger partial charge in [0.1, 0.15) is 5.82 Å². The van der Waals surface area contributed by atoms with Gasteiger partial charge in [-0.1, -0.05) is 19.3 Å². The van der Waals surface area contributed by atoms with Crippen molar-refractivity contribution >= 4 is 11.8 Å². The van der Waals surface area contributed by atoms with Crippen LogP contribution in [0.5, 0.6) is 5.88 Å². The summed E-state index contributed by atoms with van der Waals surface area (Å²) in [6.07, 6.45) is 7.82. The van der Waals surface area contributed by atoms with Gasteiger partial charge in [0.25, 0.3) is 0 Å². The molecule has 2 rings (SSSR count). The van der Waals surface area contributed by atoms with Crippen molar-refractivity contribution < 1.29 is 14.6 Å². The van der Waals surface area contributed by atoms with E-state index in [0.29, 0.717) is 24.7 Å². The molecule has 20 heavy (non-hydrogen) atoms. The third-order valence-corrected chi connectivity index (χ3v) is 3.57. The summed E-state index contributed by atoms with van der Waals surface area (Å²) in [5.41, 5.74) is 0. The van der Waals surface area contributed by atoms with E-state index < -0.39 is 5.97 Å². The minimum atomic E-state index is -0.738. The predicted octanol–water partition coefficient (Wildman–Crippen LogP) is 2.32. The molecule has 1 saturated carbocycles. The molecule has 6 heteroatoms. The predicted molar refractivity (Wildman–Crippen MR) is 74.8 cm³/mol. The number of aromatic nitrogens is 2. The topological polar surface area (TPSA) is 84.3 Å². The number of anilines is 1. The molecule has 0 saturated heterocycles. The van der Waals surface area contributed by atoms with E-state index in [0.717, 1.165) is 25.7 Å². The van der Waals surface area contributed by atoms with Gasteiger partial charge in [-0.3, -0.25) is 9.78 Å². The molecule has 6 nitrogen and oxygen atoms in total. The van der Waals surface area contributed by atoms with Crippen LogP contribution in [0.15, 0.2) is 12.4 Å². The highest BCUT2D eigenvalue weighted by Gasteiger charge is 2.29. The SMILES string of the molecule is CCOc1cncc(NC2CCCCCC2C(=O)O)n1. The second kappa shape index (κ2) is 7.07. The van der Waals surface area contributed by atoms with E-state index in [1.54, 1.807) is 12.4 Å². The molecule has 2 atom stereocenters. The van der Waals surface area contributed by atoms with Gasteiger partial charge in [0.05, 0.1) is 24.9 Å². The fourth-order valence-electron chi connectivity index (χ4n) is 2.60. The molecule has 1 aliphatic carbocycles. The Hall–Kier alpha value is -1.85. The van der Waals surface area contributed by atoms with Crippen LogP contribution in [0.25, 0.3) is 0 Å². The Labute approximate surface area is 118 Å². The zero-order valence-electron chi connectivity index (χ0n) is 11.7. The summed E-state index contributed by atoms with van der Waals surface area (Å²) in [7, 11) is 0. The first-order chi connectivity index (χ1) is 9.70. The van der Waals surface area contributed by atoms with Crippen LogP contribution in [0.2, 0.25) is 0 Å². The van der Waals surface area contributed by atoms with E-state index in [1.165, 1.54) is 0 Å². The molecule has 1 heterocycles. The maximum atomic E-state index is 11.4. The van der Waals surface area contributed by atoms with Crippen LogP contribution in [-0.2, 0) is 4.79 Å². The molecule has 0 amide bonds. The van der Waals surface area contributed by atoms with E-state index in [4.69, 9.17) is 4.74 Å². The van der Waals surface area contributed by atoms with Crippen molar-refractivity contribution in [3.05, 3.63) is 12.4 Å². The van der Waals surface area contributed by atoms with Crippen molar-refractivity contribution in [2.75, 3.05) is 11.9 Å². The number of nitrogens with one attached hydrogen (secondary N) is 1. The van der Waals surface area contributed by atoms with E-state index in [-0.39, 0.29) is 12.0 Å². The summed E-state index contributed by atoms with van der Waals surface area (Å²) < 4.78 is 5.30. The molecule has 1 aliphatic rings. The third kappa shape index (κ3) is 3.82. The Morgan fingerprint density at radius 2 is 2.20 bits per heavy atom. The number of rotatable bonds is 5. The smallest absolute Gasteiger partial charge is 0.308 e. The molecule has 0 radical (unpaired) electrons. The number of carboxylic acids is 1. The van der Waals surface area contributed by atoms with Crippen LogP contribution in [0, 0.1) is 5.92 Å². The van der Waals surface area contributed by atoms with Crippen LogP contribution < -0.4 is 10.1 Å². The summed E-state index contributed by atoms with van der Waals surface area (Å²) in [6, 6.07) is -0.0961. The maximum absolute atomic E-state index is 11.4. The van der Waals surface area contributed by atoms with Gasteiger partial charge in [-0.15, -0.1) is 0 Å². The van der Waals surface area contributed by atoms with Gasteiger partial charge in [0, 0.05) is 6.04 Å². The largest absolute Gasteiger partial charge is 0.481 e. The summed E-state index contributed by atoms with van der Waals surface area (Å²) in [5.74, 6) is -0.0690. The first-order valence-electron chi connectivity index (χ1n) is 7.15. The first kappa shape index (κ1) is 14.6. The lowest BCUT2D eigenvalue weighted by molar-refractivity contribution is -0.142. The second-order valence-corrected chi connectivity index (χ2v) is 5.01. The lowest BCUT2D eigenvalue weighted by atomic mass is 9.95. The Bertz CT molecular complexity index is 453. The maximum Gasteiger partial charge on any atom is 0.308 e. The van der Waals surface area contributed by atoms with Gasteiger partial charge >= 0.3 is 5.97 Å². The van der Waals surface area contributed by atoms with Gasteiger partial charge in [-0.05, 0) is 19.8 Å². The van der Waals surface area contributed by atoms with Crippen LogP contribution >= 0.6 is 0 Å². The molecule has 0 spiro atoms. The Kier molecular flexibility index (Phi) is 5.15. The fraction of sp³-hybridized carbons (Fsp3) is 0.643. The van der Waals surface area contributed by atoms with Crippen molar-refractivity contribution in [3.63, 3.8) is 0 Å². The molecule has 1 aromatic rings. The Morgan fingerprint density at radius 1 is 1.40 bits per heavy atom. The number of carboxylic acid groups (broad SMARTS) is 1. The molecular weight excluding hydrogens is 258 g/mol. The van der Waals surface area contributed by atoms with E-state index >= 15 is 0 Å². The molecule has 0 bridgehead atoms. The monoisotopic (exact) mass is 279 g/mol. The summed E-state index contributed by atoms with van der Waals surface area (Å²) in [5, 5.41) is 12.6. The summed E-state index contributed by atoms with van der Waals surface area (Å²) >= 11 is 0. The normalized spacial score (nSPS) is 22.9. The minimum absolute atomic E-state index is 0.0961. The molecule has 1 fully saturated rings. The van der Waals surface area contributed by atoms with E-state index in [2.05, 4.69) is 15.3 Å². The average molecular weight is 279 g/mol. The third-order valence-electron chi connectivity index (χ3n) is 3.57. The van der Waals surface area contributed by atoms with Crippen molar-refractivity contribution in [2.45, 2.75) is 45.1 Å². The standard InChI is InChI=1S/C14H21N3O3/c1-2-20-13-9-15-8-12(17-13)16-11-7-5-3-4-6-10(11)14(18)19/h8-11H,2-7H2,1H3,(H,16,17)(H,18,19). The van der Waals surface area contributed by atoms with E-state index in [1.807, 2.05) is 6.92 Å². The Balaban J connectivity index is 2.09. The molecule has 110 valence electrons. The van der Waals surface area contributed by atoms with Crippen LogP contribution in [-0.4, -0.2) is 33.7 Å². The van der Waals surface area contributed by atoms with Gasteiger partial charge < -0.3 is 15.2 Å². The number of carbonyl (C=O) groups is 1. The molecular formula is C14H21N3O3. The van der Waals surface area contributed by atoms with Gasteiger partial charge in [0.15, 0.2) is 0 Å². The van der Waals surface area contributed by atoms with E-state index in [9.17, 15) is 9.90 Å².